The Balaban J connectivity index is 2.97. The van der Waals surface area contributed by atoms with Crippen molar-refractivity contribution in [3.05, 3.63) is 24.3 Å². The van der Waals surface area contributed by atoms with Crippen molar-refractivity contribution in [1.82, 2.24) is 49.6 Å². The number of ketones is 3. The maximum Gasteiger partial charge on any atom is 0.246 e. The van der Waals surface area contributed by atoms with Gasteiger partial charge in [0.25, 0.3) is 0 Å². The minimum atomic E-state index is -1.52. The molecule has 0 saturated carbocycles. The molecule has 22 heteroatoms. The van der Waals surface area contributed by atoms with Crippen LogP contribution < -0.4 is 5.32 Å². The molecule has 1 fully saturated rings. The van der Waals surface area contributed by atoms with Crippen molar-refractivity contribution >= 4 is 64.6 Å². The molecule has 0 radical (unpaired) electrons. The number of amides is 8. The van der Waals surface area contributed by atoms with Crippen molar-refractivity contribution in [3.8, 4) is 0 Å². The number of carbonyl (C=O) groups is 11. The van der Waals surface area contributed by atoms with Gasteiger partial charge in [-0.1, -0.05) is 104 Å². The van der Waals surface area contributed by atoms with Gasteiger partial charge in [0, 0.05) is 105 Å². The van der Waals surface area contributed by atoms with E-state index in [-0.39, 0.29) is 80.3 Å². The van der Waals surface area contributed by atoms with Crippen LogP contribution in [0.15, 0.2) is 18.5 Å². The second kappa shape index (κ2) is 36.7. The molecule has 0 aliphatic carbocycles. The lowest BCUT2D eigenvalue weighted by molar-refractivity contribution is -0.157. The van der Waals surface area contributed by atoms with Gasteiger partial charge in [-0.2, -0.15) is 0 Å². The molecule has 8 amide bonds. The summed E-state index contributed by atoms with van der Waals surface area (Å²) >= 11 is 0. The van der Waals surface area contributed by atoms with Crippen LogP contribution in [0, 0.1) is 59.2 Å². The molecule has 0 aromatic carbocycles. The standard InChI is InChI=1S/C68H116N10O12/c1-24-48-36-56(81)60(61(83)45(14)27-25-28-57-69-29-26-30-70-57)78(23)68(90)59(44(12)13)77(22)67(89)53(34-42(8)9)76(21)66(88)52(33-41(6)7)75(20)63(85)47(16)71-62(84)46(15)35-54(79)51(32-40(4)5)74(19)65(87)49(43(10)11)37-55(80)50(31-39(2)3)73(18)58(82)38-72(17)64(48)86/h26,29-30,39-53,59-61,83H,24-25,27-28,31-38H2,1-23H3,(H,71,84)/t45-,46+,47+,48+,49-,50+,51-,52-,53-,59-,60+,61-/m1/s1. The van der Waals surface area contributed by atoms with Gasteiger partial charge in [0.05, 0.1) is 24.7 Å². The monoisotopic (exact) mass is 1260 g/mol. The summed E-state index contributed by atoms with van der Waals surface area (Å²) in [6.45, 7) is 28.3. The van der Waals surface area contributed by atoms with Crippen molar-refractivity contribution in [3.63, 3.8) is 0 Å². The highest BCUT2D eigenvalue weighted by Crippen LogP contribution is 2.29. The molecule has 0 spiro atoms. The van der Waals surface area contributed by atoms with Crippen LogP contribution in [-0.2, 0) is 59.2 Å². The van der Waals surface area contributed by atoms with E-state index in [4.69, 9.17) is 0 Å². The van der Waals surface area contributed by atoms with Gasteiger partial charge in [-0.15, -0.1) is 0 Å². The number of hydrogen-bond donors (Lipinski definition) is 2. The molecular formula is C68H116N10O12. The maximum atomic E-state index is 15.3. The van der Waals surface area contributed by atoms with Gasteiger partial charge in [0.2, 0.25) is 47.3 Å². The molecule has 1 aromatic rings. The SMILES string of the molecule is CC[C@H]1CC(=O)[C@@H]([C@H](O)[C@H](C)CCCc2ncccn2)N(C)C(=O)[C@@H](C(C)C)N(C)C(=O)[C@@H](CC(C)C)N(C)C(=O)[C@@H](CC(C)C)N(C)C(=O)[C@H](C)NC(=O)[C@@H](C)CC(=O)[C@@H](CC(C)C)N(C)C(=O)[C@@H](C(C)C)CC(=O)[C@H](CC(C)C)N(C)C(=O)CN(C)C1=O. The number of aliphatic hydroxyl groups excluding tert-OH is 1. The quantitative estimate of drug-likeness (QED) is 0.171. The highest BCUT2D eigenvalue weighted by atomic mass is 16.3. The topological polar surface area (TPSA) is 268 Å². The Kier molecular flexibility index (Phi) is 32.6. The predicted molar refractivity (Wildman–Crippen MR) is 348 cm³/mol. The van der Waals surface area contributed by atoms with Crippen molar-refractivity contribution < 1.29 is 57.8 Å². The highest BCUT2D eigenvalue weighted by Gasteiger charge is 2.46. The van der Waals surface area contributed by atoms with E-state index in [0.717, 1.165) is 4.90 Å². The van der Waals surface area contributed by atoms with Crippen LogP contribution in [-0.4, -0.2) is 218 Å². The number of rotatable bonds is 17. The van der Waals surface area contributed by atoms with Crippen LogP contribution in [0.5, 0.6) is 0 Å². The zero-order chi connectivity index (χ0) is 69.1. The summed E-state index contributed by atoms with van der Waals surface area (Å²) in [5.41, 5.74) is 0. The molecule has 1 saturated heterocycles. The second-order valence-corrected chi connectivity index (χ2v) is 28.3. The molecule has 510 valence electrons. The molecule has 2 rings (SSSR count). The summed E-state index contributed by atoms with van der Waals surface area (Å²) < 4.78 is 0. The van der Waals surface area contributed by atoms with E-state index in [1.54, 1.807) is 66.9 Å². The number of Topliss-reactive ketones (excluding diaryl/α,β-unsaturated/α-hetero) is 3. The first kappa shape index (κ1) is 79.9. The molecule has 2 N–H and O–H groups in total. The number of carbonyl (C=O) groups excluding carboxylic acids is 11. The molecule has 2 heterocycles. The maximum absolute atomic E-state index is 15.3. The van der Waals surface area contributed by atoms with Crippen LogP contribution in [0.1, 0.15) is 181 Å². The summed E-state index contributed by atoms with van der Waals surface area (Å²) in [4.78, 5) is 179. The van der Waals surface area contributed by atoms with E-state index >= 15 is 19.2 Å². The first-order chi connectivity index (χ1) is 41.7. The van der Waals surface area contributed by atoms with Crippen LogP contribution in [0.25, 0.3) is 0 Å². The van der Waals surface area contributed by atoms with Crippen molar-refractivity contribution in [2.45, 2.75) is 230 Å². The molecular weight excluding hydrogens is 1150 g/mol. The van der Waals surface area contributed by atoms with Gasteiger partial charge in [0.15, 0.2) is 17.3 Å². The highest BCUT2D eigenvalue weighted by molar-refractivity contribution is 5.99. The Bertz CT molecular complexity index is 2580. The van der Waals surface area contributed by atoms with Crippen LogP contribution >= 0.6 is 0 Å². The Morgan fingerprint density at radius 3 is 1.43 bits per heavy atom. The van der Waals surface area contributed by atoms with E-state index in [1.165, 1.54) is 85.7 Å². The van der Waals surface area contributed by atoms with Crippen LogP contribution in [0.3, 0.4) is 0 Å². The number of hydrogen-bond acceptors (Lipinski definition) is 14. The molecule has 0 bridgehead atoms. The number of aliphatic hydroxyl groups is 1. The fraction of sp³-hybridized carbons (Fsp3) is 0.779. The van der Waals surface area contributed by atoms with Crippen molar-refractivity contribution in [1.29, 1.82) is 0 Å². The summed E-state index contributed by atoms with van der Waals surface area (Å²) in [6, 6.07) is -6.50. The van der Waals surface area contributed by atoms with E-state index in [1.807, 2.05) is 55.4 Å². The number of aromatic nitrogens is 2. The third-order valence-electron chi connectivity index (χ3n) is 18.0. The largest absolute Gasteiger partial charge is 0.390 e. The molecule has 1 aliphatic rings. The summed E-state index contributed by atoms with van der Waals surface area (Å²) in [7, 11) is 10.2. The first-order valence-corrected chi connectivity index (χ1v) is 32.9. The number of nitrogens with one attached hydrogen (secondary N) is 1. The van der Waals surface area contributed by atoms with Crippen LogP contribution in [0.2, 0.25) is 0 Å². The Labute approximate surface area is 539 Å². The van der Waals surface area contributed by atoms with Gasteiger partial charge in [-0.05, 0) is 99.4 Å². The van der Waals surface area contributed by atoms with Crippen LogP contribution in [0.4, 0.5) is 0 Å². The average molecular weight is 1270 g/mol. The minimum absolute atomic E-state index is 0.0705. The number of nitrogens with zero attached hydrogens (tertiary/aromatic N) is 9. The van der Waals surface area contributed by atoms with Gasteiger partial charge < -0.3 is 44.7 Å². The molecule has 1 aliphatic heterocycles. The number of likely N-dealkylation sites (N-methyl/N-ethyl adjacent to an activating group) is 7. The van der Waals surface area contributed by atoms with Gasteiger partial charge >= 0.3 is 0 Å². The fourth-order valence-electron chi connectivity index (χ4n) is 12.2. The zero-order valence-electron chi connectivity index (χ0n) is 59.1. The van der Waals surface area contributed by atoms with E-state index in [2.05, 4.69) is 15.3 Å². The Hall–Kier alpha value is -6.19. The fourth-order valence-corrected chi connectivity index (χ4v) is 12.2. The molecule has 90 heavy (non-hydrogen) atoms. The zero-order valence-corrected chi connectivity index (χ0v) is 59.1. The molecule has 12 atom stereocenters. The second-order valence-electron chi connectivity index (χ2n) is 28.3. The third kappa shape index (κ3) is 22.6. The smallest absolute Gasteiger partial charge is 0.246 e. The normalized spacial score (nSPS) is 26.2. The number of aryl methyl sites for hydroxylation is 1. The van der Waals surface area contributed by atoms with E-state index in [9.17, 15) is 38.7 Å². The lowest BCUT2D eigenvalue weighted by atomic mass is 9.84. The molecule has 0 unspecified atom stereocenters. The predicted octanol–water partition coefficient (Wildman–Crippen LogP) is 6.39. The van der Waals surface area contributed by atoms with Gasteiger partial charge in [-0.25, -0.2) is 9.97 Å². The molecule has 1 aromatic heterocycles. The minimum Gasteiger partial charge on any atom is -0.390 e. The first-order valence-electron chi connectivity index (χ1n) is 32.9. The lowest BCUT2D eigenvalue weighted by Crippen LogP contribution is -2.61. The van der Waals surface area contributed by atoms with Crippen molar-refractivity contribution in [2.24, 2.45) is 59.2 Å². The van der Waals surface area contributed by atoms with Crippen molar-refractivity contribution in [2.75, 3.05) is 55.9 Å². The average Bonchev–Trinajstić information content (AvgIpc) is 0.874. The summed E-state index contributed by atoms with van der Waals surface area (Å²) in [6.07, 6.45) is 3.14. The van der Waals surface area contributed by atoms with E-state index < -0.39 is 150 Å². The molecule has 22 nitrogen and oxygen atoms in total. The van der Waals surface area contributed by atoms with Gasteiger partial charge in [-0.3, -0.25) is 52.7 Å². The summed E-state index contributed by atoms with van der Waals surface area (Å²) in [5.74, 6) is -10.4. The lowest BCUT2D eigenvalue weighted by Gasteiger charge is -2.41. The Morgan fingerprint density at radius 2 is 0.956 bits per heavy atom. The summed E-state index contributed by atoms with van der Waals surface area (Å²) in [5, 5.41) is 15.2. The Morgan fingerprint density at radius 1 is 0.511 bits per heavy atom. The van der Waals surface area contributed by atoms with Gasteiger partial charge in [0.1, 0.15) is 36.0 Å². The third-order valence-corrected chi connectivity index (χ3v) is 18.0. The van der Waals surface area contributed by atoms with E-state index in [0.29, 0.717) is 25.1 Å².